The predicted octanol–water partition coefficient (Wildman–Crippen LogP) is 2.04. The van der Waals surface area contributed by atoms with E-state index >= 15 is 0 Å². The molecule has 1 rings (SSSR count). The van der Waals surface area contributed by atoms with Gasteiger partial charge < -0.3 is 15.4 Å². The van der Waals surface area contributed by atoms with Gasteiger partial charge in [0.2, 0.25) is 0 Å². The zero-order valence-corrected chi connectivity index (χ0v) is 10.8. The molecule has 1 amide bonds. The van der Waals surface area contributed by atoms with Crippen LogP contribution in [-0.4, -0.2) is 30.3 Å². The van der Waals surface area contributed by atoms with Gasteiger partial charge in [-0.3, -0.25) is 0 Å². The Bertz CT molecular complexity index is 230. The van der Waals surface area contributed by atoms with E-state index in [4.69, 9.17) is 4.74 Å². The molecule has 0 saturated carbocycles. The van der Waals surface area contributed by atoms with Gasteiger partial charge in [0, 0.05) is 12.1 Å². The van der Waals surface area contributed by atoms with Crippen LogP contribution in [0.1, 0.15) is 47.0 Å². The van der Waals surface area contributed by atoms with Crippen LogP contribution in [0, 0.1) is 0 Å². The predicted molar refractivity (Wildman–Crippen MR) is 64.5 cm³/mol. The number of nitrogens with one attached hydrogen (secondary N) is 2. The summed E-state index contributed by atoms with van der Waals surface area (Å²) in [5, 5.41) is 6.30. The summed E-state index contributed by atoms with van der Waals surface area (Å²) >= 11 is 0. The van der Waals surface area contributed by atoms with Crippen LogP contribution in [0.2, 0.25) is 0 Å². The summed E-state index contributed by atoms with van der Waals surface area (Å²) in [5.41, 5.74) is -0.427. The quantitative estimate of drug-likeness (QED) is 0.760. The van der Waals surface area contributed by atoms with Gasteiger partial charge >= 0.3 is 6.09 Å². The average Bonchev–Trinajstić information content (AvgIpc) is 2.16. The molecule has 0 spiro atoms. The van der Waals surface area contributed by atoms with Crippen molar-refractivity contribution in [1.82, 2.24) is 10.6 Å². The van der Waals surface area contributed by atoms with Gasteiger partial charge in [0.05, 0.1) is 0 Å². The van der Waals surface area contributed by atoms with Crippen molar-refractivity contribution in [3.63, 3.8) is 0 Å². The van der Waals surface area contributed by atoms with Gasteiger partial charge in [0.15, 0.2) is 0 Å². The van der Waals surface area contributed by atoms with Gasteiger partial charge in [-0.15, -0.1) is 0 Å². The highest BCUT2D eigenvalue weighted by Crippen LogP contribution is 2.11. The van der Waals surface area contributed by atoms with Gasteiger partial charge in [-0.2, -0.15) is 0 Å². The SMILES string of the molecule is C[C@@H](NC(=O)OC(C)(C)C)[C@H]1CCCCN1. The van der Waals surface area contributed by atoms with Crippen LogP contribution in [0.5, 0.6) is 0 Å². The maximum atomic E-state index is 11.6. The molecule has 2 N–H and O–H groups in total. The second-order valence-electron chi connectivity index (χ2n) is 5.49. The maximum Gasteiger partial charge on any atom is 0.407 e. The molecular formula is C12H24N2O2. The largest absolute Gasteiger partial charge is 0.444 e. The van der Waals surface area contributed by atoms with Gasteiger partial charge in [0.1, 0.15) is 5.60 Å². The third-order valence-corrected chi connectivity index (χ3v) is 2.70. The summed E-state index contributed by atoms with van der Waals surface area (Å²) in [6.07, 6.45) is 3.26. The van der Waals surface area contributed by atoms with E-state index in [1.54, 1.807) is 0 Å². The number of hydrogen-bond acceptors (Lipinski definition) is 3. The highest BCUT2D eigenvalue weighted by molar-refractivity contribution is 5.68. The minimum atomic E-state index is -0.427. The molecule has 0 unspecified atom stereocenters. The van der Waals surface area contributed by atoms with Crippen molar-refractivity contribution in [3.05, 3.63) is 0 Å². The van der Waals surface area contributed by atoms with E-state index in [9.17, 15) is 4.79 Å². The molecule has 1 heterocycles. The highest BCUT2D eigenvalue weighted by Gasteiger charge is 2.23. The summed E-state index contributed by atoms with van der Waals surface area (Å²) in [7, 11) is 0. The second kappa shape index (κ2) is 5.53. The number of carbonyl (C=O) groups is 1. The van der Waals surface area contributed by atoms with Crippen LogP contribution in [0.25, 0.3) is 0 Å². The first-order valence-corrected chi connectivity index (χ1v) is 6.11. The van der Waals surface area contributed by atoms with Gasteiger partial charge in [-0.1, -0.05) is 6.42 Å². The average molecular weight is 228 g/mol. The van der Waals surface area contributed by atoms with E-state index in [1.807, 2.05) is 27.7 Å². The number of amides is 1. The summed E-state index contributed by atoms with van der Waals surface area (Å²) in [5.74, 6) is 0. The number of alkyl carbamates (subject to hydrolysis) is 1. The molecular weight excluding hydrogens is 204 g/mol. The Labute approximate surface area is 98.1 Å². The summed E-state index contributed by atoms with van der Waals surface area (Å²) in [6, 6.07) is 0.497. The highest BCUT2D eigenvalue weighted by atomic mass is 16.6. The van der Waals surface area contributed by atoms with Crippen molar-refractivity contribution in [3.8, 4) is 0 Å². The van der Waals surface area contributed by atoms with Crippen molar-refractivity contribution in [2.45, 2.75) is 64.6 Å². The van der Waals surface area contributed by atoms with Crippen molar-refractivity contribution in [1.29, 1.82) is 0 Å². The third-order valence-electron chi connectivity index (χ3n) is 2.70. The Morgan fingerprint density at radius 1 is 1.44 bits per heavy atom. The molecule has 4 nitrogen and oxygen atoms in total. The standard InChI is InChI=1S/C12H24N2O2/c1-9(10-7-5-6-8-13-10)14-11(15)16-12(2,3)4/h9-10,13H,5-8H2,1-4H3,(H,14,15)/t9-,10-/m1/s1. The van der Waals surface area contributed by atoms with Crippen LogP contribution >= 0.6 is 0 Å². The topological polar surface area (TPSA) is 50.4 Å². The Hall–Kier alpha value is -0.770. The van der Waals surface area contributed by atoms with Gasteiger partial charge in [-0.05, 0) is 47.1 Å². The molecule has 0 bridgehead atoms. The first-order valence-electron chi connectivity index (χ1n) is 6.11. The molecule has 1 saturated heterocycles. The van der Waals surface area contributed by atoms with Crippen LogP contribution in [-0.2, 0) is 4.74 Å². The lowest BCUT2D eigenvalue weighted by molar-refractivity contribution is 0.0494. The first-order chi connectivity index (χ1) is 7.38. The fourth-order valence-corrected chi connectivity index (χ4v) is 1.90. The minimum absolute atomic E-state index is 0.121. The summed E-state index contributed by atoms with van der Waals surface area (Å²) in [6.45, 7) is 8.68. The Morgan fingerprint density at radius 2 is 2.12 bits per heavy atom. The Kier molecular flexibility index (Phi) is 4.59. The number of ether oxygens (including phenoxy) is 1. The van der Waals surface area contributed by atoms with E-state index in [1.165, 1.54) is 12.8 Å². The van der Waals surface area contributed by atoms with Gasteiger partial charge in [0.25, 0.3) is 0 Å². The molecule has 0 aromatic rings. The lowest BCUT2D eigenvalue weighted by atomic mass is 9.99. The molecule has 0 aromatic carbocycles. The zero-order valence-electron chi connectivity index (χ0n) is 10.8. The first kappa shape index (κ1) is 13.3. The molecule has 0 radical (unpaired) electrons. The number of hydrogen-bond donors (Lipinski definition) is 2. The van der Waals surface area contributed by atoms with Gasteiger partial charge in [-0.25, -0.2) is 4.79 Å². The molecule has 94 valence electrons. The van der Waals surface area contributed by atoms with E-state index < -0.39 is 5.60 Å². The molecule has 1 aliphatic heterocycles. The Morgan fingerprint density at radius 3 is 2.62 bits per heavy atom. The molecule has 0 aromatic heterocycles. The minimum Gasteiger partial charge on any atom is -0.444 e. The van der Waals surface area contributed by atoms with E-state index in [0.29, 0.717) is 6.04 Å². The molecule has 0 aliphatic carbocycles. The van der Waals surface area contributed by atoms with Crippen molar-refractivity contribution in [2.75, 3.05) is 6.54 Å². The smallest absolute Gasteiger partial charge is 0.407 e. The lowest BCUT2D eigenvalue weighted by Gasteiger charge is -2.30. The zero-order chi connectivity index (χ0) is 12.2. The van der Waals surface area contributed by atoms with E-state index in [2.05, 4.69) is 10.6 Å². The van der Waals surface area contributed by atoms with E-state index in [0.717, 1.165) is 13.0 Å². The Balaban J connectivity index is 2.32. The van der Waals surface area contributed by atoms with Crippen LogP contribution in [0.3, 0.4) is 0 Å². The van der Waals surface area contributed by atoms with E-state index in [-0.39, 0.29) is 12.1 Å². The summed E-state index contributed by atoms with van der Waals surface area (Å²) < 4.78 is 5.22. The maximum absolute atomic E-state index is 11.6. The molecule has 2 atom stereocenters. The van der Waals surface area contributed by atoms with Crippen LogP contribution in [0.4, 0.5) is 4.79 Å². The normalized spacial score (nSPS) is 23.6. The molecule has 1 aliphatic rings. The molecule has 1 fully saturated rings. The summed E-state index contributed by atoms with van der Waals surface area (Å²) in [4.78, 5) is 11.6. The fraction of sp³-hybridized carbons (Fsp3) is 0.917. The van der Waals surface area contributed by atoms with Crippen molar-refractivity contribution in [2.24, 2.45) is 0 Å². The third kappa shape index (κ3) is 4.84. The van der Waals surface area contributed by atoms with Crippen molar-refractivity contribution >= 4 is 6.09 Å². The molecule has 16 heavy (non-hydrogen) atoms. The number of rotatable bonds is 2. The number of piperidine rings is 1. The monoisotopic (exact) mass is 228 g/mol. The molecule has 4 heteroatoms. The lowest BCUT2D eigenvalue weighted by Crippen LogP contribution is -2.51. The van der Waals surface area contributed by atoms with Crippen LogP contribution < -0.4 is 10.6 Å². The van der Waals surface area contributed by atoms with Crippen molar-refractivity contribution < 1.29 is 9.53 Å². The fourth-order valence-electron chi connectivity index (χ4n) is 1.90. The van der Waals surface area contributed by atoms with Crippen LogP contribution in [0.15, 0.2) is 0 Å². The number of carbonyl (C=O) groups excluding carboxylic acids is 1. The second-order valence-corrected chi connectivity index (χ2v) is 5.49.